The first-order valence-electron chi connectivity index (χ1n) is 13.2. The molecule has 0 N–H and O–H groups in total. The number of benzene rings is 4. The molecule has 8 rings (SSSR count). The summed E-state index contributed by atoms with van der Waals surface area (Å²) < 4.78 is 20.7. The van der Waals surface area contributed by atoms with Gasteiger partial charge in [-0.15, -0.1) is 11.3 Å². The van der Waals surface area contributed by atoms with Crippen molar-refractivity contribution in [1.29, 1.82) is 0 Å². The molecule has 4 aromatic heterocycles. The normalized spacial score (nSPS) is 12.5. The van der Waals surface area contributed by atoms with Crippen LogP contribution in [0.3, 0.4) is 0 Å². The third kappa shape index (κ3) is 3.55. The zero-order chi connectivity index (χ0) is 26.6. The number of alkyl halides is 1. The fourth-order valence-corrected chi connectivity index (χ4v) is 6.88. The molecule has 0 aliphatic rings. The maximum Gasteiger partial charge on any atom is 0.150 e. The Labute approximate surface area is 233 Å². The van der Waals surface area contributed by atoms with Gasteiger partial charge in [0.1, 0.15) is 5.65 Å². The van der Waals surface area contributed by atoms with Crippen molar-refractivity contribution in [3.8, 4) is 16.9 Å². The molecule has 0 radical (unpaired) electrons. The van der Waals surface area contributed by atoms with Gasteiger partial charge in [0.2, 0.25) is 0 Å². The van der Waals surface area contributed by atoms with E-state index in [0.29, 0.717) is 11.1 Å². The highest BCUT2D eigenvalue weighted by Crippen LogP contribution is 2.42. The highest BCUT2D eigenvalue weighted by molar-refractivity contribution is 7.26. The molecule has 0 spiro atoms. The Hall–Kier alpha value is -4.87. The summed E-state index contributed by atoms with van der Waals surface area (Å²) in [5, 5.41) is 4.75. The molecule has 40 heavy (non-hydrogen) atoms. The Morgan fingerprint density at radius 3 is 2.30 bits per heavy atom. The predicted octanol–water partition coefficient (Wildman–Crippen LogP) is 9.67. The molecule has 3 nitrogen and oxygen atoms in total. The molecule has 0 bridgehead atoms. The van der Waals surface area contributed by atoms with Crippen LogP contribution in [0.2, 0.25) is 0 Å². The number of hydrogen-bond donors (Lipinski definition) is 0. The van der Waals surface area contributed by atoms with Crippen LogP contribution < -0.4 is 0 Å². The lowest BCUT2D eigenvalue weighted by Crippen LogP contribution is -2.00. The summed E-state index contributed by atoms with van der Waals surface area (Å²) in [7, 11) is 0. The van der Waals surface area contributed by atoms with Crippen LogP contribution in [0.1, 0.15) is 17.3 Å². The van der Waals surface area contributed by atoms with E-state index in [0.717, 1.165) is 38.9 Å². The maximum absolute atomic E-state index is 16.1. The molecule has 4 aromatic carbocycles. The maximum atomic E-state index is 16.1. The molecular weight excluding hydrogens is 513 g/mol. The van der Waals surface area contributed by atoms with Gasteiger partial charge in [-0.2, -0.15) is 0 Å². The number of fused-ring (bicyclic) bond motifs is 7. The number of thiophene rings is 1. The molecule has 0 fully saturated rings. The Balaban J connectivity index is 1.31. The average molecular weight is 536 g/mol. The van der Waals surface area contributed by atoms with Crippen LogP contribution in [0.5, 0.6) is 0 Å². The molecule has 0 amide bonds. The van der Waals surface area contributed by atoms with Gasteiger partial charge in [0, 0.05) is 49.9 Å². The number of halogens is 1. The molecular formula is C35H22FN3S. The summed E-state index contributed by atoms with van der Waals surface area (Å²) in [6, 6.07) is 38.0. The molecule has 8 aromatic rings. The lowest BCUT2D eigenvalue weighted by Gasteiger charge is -2.13. The van der Waals surface area contributed by atoms with Crippen LogP contribution in [0.15, 0.2) is 128 Å². The largest absolute Gasteiger partial charge is 0.294 e. The third-order valence-corrected chi connectivity index (χ3v) is 8.69. The standard InChI is InChI=1S/C35H22FN3S/c36-34(23-10-7-9-22(19-23)28-15-5-6-18-37-28)24-11-8-12-25(20-24)39-29-16-3-1-13-26(29)33-32-27-14-2-4-17-30(27)40-31(32)21-38-35(33)39/h1-21,34H. The van der Waals surface area contributed by atoms with E-state index in [-0.39, 0.29) is 0 Å². The summed E-state index contributed by atoms with van der Waals surface area (Å²) in [5.74, 6) is 0. The first-order valence-corrected chi connectivity index (χ1v) is 14.0. The van der Waals surface area contributed by atoms with Crippen molar-refractivity contribution in [3.05, 3.63) is 139 Å². The molecule has 1 unspecified atom stereocenters. The van der Waals surface area contributed by atoms with Gasteiger partial charge >= 0.3 is 0 Å². The van der Waals surface area contributed by atoms with Crippen molar-refractivity contribution in [1.82, 2.24) is 14.5 Å². The van der Waals surface area contributed by atoms with Gasteiger partial charge in [-0.3, -0.25) is 9.55 Å². The fraction of sp³-hybridized carbons (Fsp3) is 0.0286. The van der Waals surface area contributed by atoms with Gasteiger partial charge in [-0.1, -0.05) is 72.8 Å². The number of nitrogens with zero attached hydrogens (tertiary/aromatic N) is 3. The summed E-state index contributed by atoms with van der Waals surface area (Å²) >= 11 is 1.77. The summed E-state index contributed by atoms with van der Waals surface area (Å²) in [4.78, 5) is 9.40. The van der Waals surface area contributed by atoms with Crippen LogP contribution in [0, 0.1) is 0 Å². The molecule has 0 saturated carbocycles. The Morgan fingerprint density at radius 2 is 1.43 bits per heavy atom. The minimum Gasteiger partial charge on any atom is -0.294 e. The zero-order valence-electron chi connectivity index (χ0n) is 21.3. The van der Waals surface area contributed by atoms with Crippen LogP contribution in [0.25, 0.3) is 59.1 Å². The van der Waals surface area contributed by atoms with E-state index in [1.54, 1.807) is 17.5 Å². The third-order valence-electron chi connectivity index (χ3n) is 7.59. The van der Waals surface area contributed by atoms with Crippen molar-refractivity contribution in [3.63, 3.8) is 0 Å². The highest BCUT2D eigenvalue weighted by Gasteiger charge is 2.20. The van der Waals surface area contributed by atoms with Gasteiger partial charge < -0.3 is 0 Å². The lowest BCUT2D eigenvalue weighted by atomic mass is 9.99. The second-order valence-electron chi connectivity index (χ2n) is 9.94. The number of rotatable bonds is 4. The minimum absolute atomic E-state index is 0.601. The van der Waals surface area contributed by atoms with Crippen molar-refractivity contribution in [2.75, 3.05) is 0 Å². The van der Waals surface area contributed by atoms with E-state index in [9.17, 15) is 0 Å². The quantitative estimate of drug-likeness (QED) is 0.225. The molecule has 1 atom stereocenters. The van der Waals surface area contributed by atoms with Gasteiger partial charge in [0.05, 0.1) is 15.9 Å². The number of pyridine rings is 2. The second kappa shape index (κ2) is 9.11. The Kier molecular flexibility index (Phi) is 5.25. The van der Waals surface area contributed by atoms with E-state index >= 15 is 4.39 Å². The fourth-order valence-electron chi connectivity index (χ4n) is 5.79. The molecule has 0 saturated heterocycles. The van der Waals surface area contributed by atoms with Crippen molar-refractivity contribution in [2.24, 2.45) is 0 Å². The molecule has 0 aliphatic carbocycles. The highest BCUT2D eigenvalue weighted by atomic mass is 32.1. The minimum atomic E-state index is -1.28. The molecule has 190 valence electrons. The smallest absolute Gasteiger partial charge is 0.150 e. The number of hydrogen-bond acceptors (Lipinski definition) is 3. The Morgan fingerprint density at radius 1 is 0.650 bits per heavy atom. The number of aromatic nitrogens is 3. The molecule has 4 heterocycles. The van der Waals surface area contributed by atoms with Gasteiger partial charge in [-0.25, -0.2) is 9.37 Å². The van der Waals surface area contributed by atoms with E-state index in [1.165, 1.54) is 20.2 Å². The average Bonchev–Trinajstić information content (AvgIpc) is 3.57. The predicted molar refractivity (Wildman–Crippen MR) is 164 cm³/mol. The summed E-state index contributed by atoms with van der Waals surface area (Å²) in [5.41, 5.74) is 5.75. The van der Waals surface area contributed by atoms with E-state index in [1.807, 2.05) is 79.0 Å². The van der Waals surface area contributed by atoms with E-state index in [2.05, 4.69) is 52.0 Å². The first kappa shape index (κ1) is 23.1. The zero-order valence-corrected chi connectivity index (χ0v) is 22.1. The topological polar surface area (TPSA) is 30.7 Å². The van der Waals surface area contributed by atoms with Gasteiger partial charge in [0.25, 0.3) is 0 Å². The lowest BCUT2D eigenvalue weighted by molar-refractivity contribution is 0.402. The van der Waals surface area contributed by atoms with Gasteiger partial charge in [0.15, 0.2) is 6.17 Å². The van der Waals surface area contributed by atoms with E-state index < -0.39 is 6.17 Å². The summed E-state index contributed by atoms with van der Waals surface area (Å²) in [6.45, 7) is 0. The number of para-hydroxylation sites is 1. The van der Waals surface area contributed by atoms with Crippen LogP contribution in [-0.4, -0.2) is 14.5 Å². The van der Waals surface area contributed by atoms with Crippen molar-refractivity contribution >= 4 is 53.4 Å². The van der Waals surface area contributed by atoms with Crippen LogP contribution in [-0.2, 0) is 0 Å². The Bertz CT molecular complexity index is 2200. The molecule has 0 aliphatic heterocycles. The molecule has 5 heteroatoms. The van der Waals surface area contributed by atoms with E-state index in [4.69, 9.17) is 4.98 Å². The summed E-state index contributed by atoms with van der Waals surface area (Å²) in [6.07, 6.45) is 2.45. The van der Waals surface area contributed by atoms with Crippen molar-refractivity contribution < 1.29 is 4.39 Å². The van der Waals surface area contributed by atoms with Crippen molar-refractivity contribution in [2.45, 2.75) is 6.17 Å². The van der Waals surface area contributed by atoms with Gasteiger partial charge in [-0.05, 0) is 53.6 Å². The van der Waals surface area contributed by atoms with Crippen LogP contribution >= 0.6 is 11.3 Å². The first-order chi connectivity index (χ1) is 19.8. The van der Waals surface area contributed by atoms with Crippen LogP contribution in [0.4, 0.5) is 4.39 Å². The monoisotopic (exact) mass is 535 g/mol. The SMILES string of the molecule is FC(c1cccc(-c2ccccn2)c1)c1cccc(-n2c3ccccc3c3c4c(cnc32)sc2ccccc24)c1. The second-order valence-corrected chi connectivity index (χ2v) is 11.0.